The molecule has 0 bridgehead atoms. The van der Waals surface area contributed by atoms with Gasteiger partial charge in [-0.1, -0.05) is 13.8 Å². The van der Waals surface area contributed by atoms with Crippen LogP contribution in [-0.4, -0.2) is 27.6 Å². The number of ether oxygens (including phenoxy) is 1. The highest BCUT2D eigenvalue weighted by atomic mass is 32.1. The second kappa shape index (κ2) is 6.48. The number of aromatic nitrogens is 1. The molecule has 1 atom stereocenters. The van der Waals surface area contributed by atoms with Gasteiger partial charge < -0.3 is 15.2 Å². The van der Waals surface area contributed by atoms with Crippen molar-refractivity contribution < 1.29 is 19.4 Å². The minimum atomic E-state index is -0.715. The van der Waals surface area contributed by atoms with Crippen LogP contribution in [-0.2, 0) is 20.7 Å². The second-order valence-electron chi connectivity index (χ2n) is 5.78. The van der Waals surface area contributed by atoms with Gasteiger partial charge in [0.2, 0.25) is 5.91 Å². The summed E-state index contributed by atoms with van der Waals surface area (Å²) in [5.74, 6) is -0.534. The Hall–Kier alpha value is -1.89. The summed E-state index contributed by atoms with van der Waals surface area (Å²) in [5.41, 5.74) is 0.118. The van der Waals surface area contributed by atoms with E-state index in [1.54, 1.807) is 0 Å². The number of cyclic esters (lactones) is 1. The normalized spacial score (nSPS) is 21.5. The fourth-order valence-corrected chi connectivity index (χ4v) is 3.27. The maximum atomic E-state index is 11.6. The van der Waals surface area contributed by atoms with Gasteiger partial charge in [-0.2, -0.15) is 0 Å². The van der Waals surface area contributed by atoms with Crippen LogP contribution < -0.4 is 5.32 Å². The molecule has 0 aliphatic carbocycles. The number of nitrogens with zero attached hydrogens (tertiary/aromatic N) is 1. The van der Waals surface area contributed by atoms with E-state index >= 15 is 0 Å². The fourth-order valence-electron chi connectivity index (χ4n) is 2.48. The van der Waals surface area contributed by atoms with Crippen LogP contribution in [0.3, 0.4) is 0 Å². The maximum Gasteiger partial charge on any atom is 0.334 e. The molecule has 0 saturated heterocycles. The van der Waals surface area contributed by atoms with Gasteiger partial charge in [-0.05, 0) is 18.8 Å². The van der Waals surface area contributed by atoms with E-state index in [9.17, 15) is 14.7 Å². The molecule has 1 aliphatic heterocycles. The Morgan fingerprint density at radius 1 is 1.59 bits per heavy atom. The molecule has 1 amide bonds. The summed E-state index contributed by atoms with van der Waals surface area (Å²) in [6.45, 7) is 5.37. The summed E-state index contributed by atoms with van der Waals surface area (Å²) < 4.78 is 5.53. The fraction of sp³-hybridized carbons (Fsp3) is 0.533. The number of carbonyl (C=O) groups excluding carboxylic acids is 2. The Bertz CT molecular complexity index is 608. The van der Waals surface area contributed by atoms with Crippen LogP contribution in [0.15, 0.2) is 17.2 Å². The lowest BCUT2D eigenvalue weighted by Gasteiger charge is -2.38. The number of thiazole rings is 1. The standard InChI is InChI=1S/C15H20N2O4S/c1-9(2)15(7-12(19)6-13(20)21-15)5-4-11-8-22-14(17-11)16-10(3)18/h6,8-9,19H,4-5,7H2,1-3H3,(H,16,17,18). The molecule has 0 radical (unpaired) electrons. The molecule has 2 N–H and O–H groups in total. The van der Waals surface area contributed by atoms with Crippen LogP contribution in [0.5, 0.6) is 0 Å². The minimum Gasteiger partial charge on any atom is -0.512 e. The molecule has 0 fully saturated rings. The van der Waals surface area contributed by atoms with Crippen molar-refractivity contribution >= 4 is 28.3 Å². The van der Waals surface area contributed by atoms with E-state index in [4.69, 9.17) is 4.74 Å². The van der Waals surface area contributed by atoms with Crippen LogP contribution in [0.1, 0.15) is 39.3 Å². The summed E-state index contributed by atoms with van der Waals surface area (Å²) >= 11 is 1.36. The molecule has 0 aromatic carbocycles. The molecule has 2 heterocycles. The van der Waals surface area contributed by atoms with E-state index in [0.29, 0.717) is 24.4 Å². The highest BCUT2D eigenvalue weighted by molar-refractivity contribution is 7.13. The van der Waals surface area contributed by atoms with E-state index in [0.717, 1.165) is 11.8 Å². The van der Waals surface area contributed by atoms with Gasteiger partial charge in [0.25, 0.3) is 0 Å². The topological polar surface area (TPSA) is 88.5 Å². The first-order valence-electron chi connectivity index (χ1n) is 7.15. The lowest BCUT2D eigenvalue weighted by atomic mass is 9.80. The molecule has 0 saturated carbocycles. The SMILES string of the molecule is CC(=O)Nc1nc(CCC2(C(C)C)CC(O)=CC(=O)O2)cs1. The van der Waals surface area contributed by atoms with Crippen LogP contribution >= 0.6 is 11.3 Å². The molecule has 1 aromatic rings. The quantitative estimate of drug-likeness (QED) is 0.813. The number of anilines is 1. The van der Waals surface area contributed by atoms with E-state index in [1.165, 1.54) is 18.3 Å². The first-order valence-corrected chi connectivity index (χ1v) is 8.03. The first kappa shape index (κ1) is 16.5. The number of amides is 1. The van der Waals surface area contributed by atoms with Crippen molar-refractivity contribution in [3.8, 4) is 0 Å². The van der Waals surface area contributed by atoms with Gasteiger partial charge in [0.15, 0.2) is 5.13 Å². The number of esters is 1. The largest absolute Gasteiger partial charge is 0.512 e. The highest BCUT2D eigenvalue weighted by Gasteiger charge is 2.41. The van der Waals surface area contributed by atoms with Gasteiger partial charge in [0, 0.05) is 18.7 Å². The van der Waals surface area contributed by atoms with Gasteiger partial charge in [-0.15, -0.1) is 11.3 Å². The number of nitrogens with one attached hydrogen (secondary N) is 1. The van der Waals surface area contributed by atoms with E-state index < -0.39 is 11.6 Å². The zero-order valence-corrected chi connectivity index (χ0v) is 13.7. The molecule has 1 aliphatic rings. The van der Waals surface area contributed by atoms with Crippen molar-refractivity contribution in [2.24, 2.45) is 5.92 Å². The van der Waals surface area contributed by atoms with Crippen LogP contribution in [0, 0.1) is 5.92 Å². The summed E-state index contributed by atoms with van der Waals surface area (Å²) in [5, 5.41) is 14.8. The molecular formula is C15H20N2O4S. The third-order valence-corrected chi connectivity index (χ3v) is 4.57. The highest BCUT2D eigenvalue weighted by Crippen LogP contribution is 2.36. The molecule has 2 rings (SSSR count). The van der Waals surface area contributed by atoms with Gasteiger partial charge in [0.1, 0.15) is 11.4 Å². The van der Waals surface area contributed by atoms with E-state index in [1.807, 2.05) is 19.2 Å². The summed E-state index contributed by atoms with van der Waals surface area (Å²) in [4.78, 5) is 26.9. The van der Waals surface area contributed by atoms with Crippen LogP contribution in [0.4, 0.5) is 5.13 Å². The number of rotatable bonds is 5. The average molecular weight is 324 g/mol. The summed E-state index contributed by atoms with van der Waals surface area (Å²) in [6.07, 6.45) is 2.61. The van der Waals surface area contributed by atoms with E-state index in [2.05, 4.69) is 10.3 Å². The van der Waals surface area contributed by atoms with Crippen LogP contribution in [0.2, 0.25) is 0 Å². The molecular weight excluding hydrogens is 304 g/mol. The van der Waals surface area contributed by atoms with Crippen molar-refractivity contribution in [3.05, 3.63) is 22.9 Å². The number of aliphatic hydroxyl groups is 1. The zero-order chi connectivity index (χ0) is 16.3. The molecule has 7 heteroatoms. The lowest BCUT2D eigenvalue weighted by molar-refractivity contribution is -0.163. The summed E-state index contributed by atoms with van der Waals surface area (Å²) in [6, 6.07) is 0. The Morgan fingerprint density at radius 3 is 2.91 bits per heavy atom. The van der Waals surface area contributed by atoms with Crippen LogP contribution in [0.25, 0.3) is 0 Å². The summed E-state index contributed by atoms with van der Waals surface area (Å²) in [7, 11) is 0. The first-order chi connectivity index (χ1) is 10.3. The van der Waals surface area contributed by atoms with Crippen molar-refractivity contribution in [2.75, 3.05) is 5.32 Å². The predicted molar refractivity (Wildman–Crippen MR) is 83.7 cm³/mol. The Labute approximate surface area is 133 Å². The molecule has 22 heavy (non-hydrogen) atoms. The zero-order valence-electron chi connectivity index (χ0n) is 12.9. The molecule has 1 unspecified atom stereocenters. The third kappa shape index (κ3) is 3.85. The van der Waals surface area contributed by atoms with Gasteiger partial charge in [-0.25, -0.2) is 9.78 Å². The number of carbonyl (C=O) groups is 2. The Morgan fingerprint density at radius 2 is 2.32 bits per heavy atom. The smallest absolute Gasteiger partial charge is 0.334 e. The molecule has 1 aromatic heterocycles. The number of hydrogen-bond donors (Lipinski definition) is 2. The number of aliphatic hydroxyl groups excluding tert-OH is 1. The molecule has 6 nitrogen and oxygen atoms in total. The Kier molecular flexibility index (Phi) is 4.85. The second-order valence-corrected chi connectivity index (χ2v) is 6.64. The average Bonchev–Trinajstić information content (AvgIpc) is 2.82. The predicted octanol–water partition coefficient (Wildman–Crippen LogP) is 2.82. The van der Waals surface area contributed by atoms with E-state index in [-0.39, 0.29) is 17.6 Å². The lowest BCUT2D eigenvalue weighted by Crippen LogP contribution is -2.43. The number of aryl methyl sites for hydroxylation is 1. The van der Waals surface area contributed by atoms with Gasteiger partial charge >= 0.3 is 5.97 Å². The minimum absolute atomic E-state index is 0.0576. The van der Waals surface area contributed by atoms with Gasteiger partial charge in [0.05, 0.1) is 11.8 Å². The number of hydrogen-bond acceptors (Lipinski definition) is 6. The third-order valence-electron chi connectivity index (χ3n) is 3.76. The molecule has 0 spiro atoms. The van der Waals surface area contributed by atoms with Crippen molar-refractivity contribution in [2.45, 2.75) is 45.6 Å². The monoisotopic (exact) mass is 324 g/mol. The van der Waals surface area contributed by atoms with Crippen molar-refractivity contribution in [1.29, 1.82) is 0 Å². The molecule has 120 valence electrons. The van der Waals surface area contributed by atoms with Crippen molar-refractivity contribution in [3.63, 3.8) is 0 Å². The van der Waals surface area contributed by atoms with Crippen molar-refractivity contribution in [1.82, 2.24) is 4.98 Å². The van der Waals surface area contributed by atoms with Gasteiger partial charge in [-0.3, -0.25) is 4.79 Å². The maximum absolute atomic E-state index is 11.6. The Balaban J connectivity index is 2.07.